The fraction of sp³-hybridized carbons (Fsp3) is 0.290. The van der Waals surface area contributed by atoms with E-state index in [-0.39, 0.29) is 34.5 Å². The minimum Gasteiger partial charge on any atom is -0.349 e. The summed E-state index contributed by atoms with van der Waals surface area (Å²) in [4.78, 5) is 40.0. The largest absolute Gasteiger partial charge is 0.349 e. The Kier molecular flexibility index (Phi) is 6.14. The number of halogens is 2. The molecule has 3 aliphatic rings. The van der Waals surface area contributed by atoms with Crippen molar-refractivity contribution >= 4 is 29.3 Å². The van der Waals surface area contributed by atoms with Crippen LogP contribution in [0.5, 0.6) is 0 Å². The summed E-state index contributed by atoms with van der Waals surface area (Å²) in [5.41, 5.74) is 3.00. The number of aliphatic imine (C=N–C) groups is 1. The molecule has 1 fully saturated rings. The van der Waals surface area contributed by atoms with Gasteiger partial charge < -0.3 is 9.80 Å². The molecule has 0 unspecified atom stereocenters. The fourth-order valence-electron chi connectivity index (χ4n) is 6.23. The Hall–Kier alpha value is -3.84. The molecule has 6 nitrogen and oxygen atoms in total. The van der Waals surface area contributed by atoms with Crippen LogP contribution in [0.4, 0.5) is 4.39 Å². The summed E-state index contributed by atoms with van der Waals surface area (Å²) in [6.45, 7) is 8.53. The molecule has 1 aliphatic carbocycles. The Morgan fingerprint density at radius 2 is 1.72 bits per heavy atom. The Balaban J connectivity index is 1.51. The third-order valence-corrected chi connectivity index (χ3v) is 8.52. The standard InChI is InChI=1S/C31H28ClFN4O2/c1-4-26(38)36-16-19(3)37(17-18(36)2)29-23-13-24(32)27(22-11-7-8-12-25(22)33)34-28(23)31(30(39)35-29)14-20-9-5-6-10-21(20)15-31/h4-13,18-19H,1,14-17H2,2-3H3/t18-,19+/m1/s1. The van der Waals surface area contributed by atoms with Gasteiger partial charge in [0.25, 0.3) is 5.91 Å². The Bertz CT molecular complexity index is 1540. The molecule has 8 heteroatoms. The third kappa shape index (κ3) is 3.98. The Morgan fingerprint density at radius 1 is 1.05 bits per heavy atom. The lowest BCUT2D eigenvalue weighted by molar-refractivity contribution is -0.131. The SMILES string of the molecule is C=CC(=O)N1C[C@H](C)N(C2=NC(=O)C3(Cc4ccccc4C3)c3nc(-c4ccccc4F)c(Cl)cc32)C[C@H]1C. The number of carbonyl (C=O) groups is 2. The molecule has 6 rings (SSSR count). The average Bonchev–Trinajstić information content (AvgIpc) is 3.32. The van der Waals surface area contributed by atoms with Crippen LogP contribution in [0, 0.1) is 5.82 Å². The van der Waals surface area contributed by atoms with Gasteiger partial charge in [0.15, 0.2) is 0 Å². The van der Waals surface area contributed by atoms with Gasteiger partial charge >= 0.3 is 0 Å². The van der Waals surface area contributed by atoms with Crippen LogP contribution in [-0.4, -0.2) is 57.6 Å². The summed E-state index contributed by atoms with van der Waals surface area (Å²) in [5, 5.41) is 0.285. The summed E-state index contributed by atoms with van der Waals surface area (Å²) in [5.74, 6) is -0.328. The van der Waals surface area contributed by atoms with Gasteiger partial charge in [0.05, 0.1) is 16.4 Å². The number of piperazine rings is 1. The van der Waals surface area contributed by atoms with Gasteiger partial charge in [-0.2, -0.15) is 4.99 Å². The maximum atomic E-state index is 14.9. The highest BCUT2D eigenvalue weighted by molar-refractivity contribution is 6.33. The topological polar surface area (TPSA) is 65.9 Å². The molecule has 0 radical (unpaired) electrons. The van der Waals surface area contributed by atoms with Crippen LogP contribution < -0.4 is 0 Å². The van der Waals surface area contributed by atoms with Crippen molar-refractivity contribution in [3.63, 3.8) is 0 Å². The van der Waals surface area contributed by atoms with Crippen molar-refractivity contribution < 1.29 is 14.0 Å². The van der Waals surface area contributed by atoms with Gasteiger partial charge in [0.2, 0.25) is 5.91 Å². The first-order valence-electron chi connectivity index (χ1n) is 13.1. The highest BCUT2D eigenvalue weighted by Crippen LogP contribution is 2.46. The summed E-state index contributed by atoms with van der Waals surface area (Å²) in [6, 6.07) is 15.9. The molecule has 1 spiro atoms. The second-order valence-electron chi connectivity index (χ2n) is 10.7. The van der Waals surface area contributed by atoms with E-state index in [0.717, 1.165) is 11.1 Å². The summed E-state index contributed by atoms with van der Waals surface area (Å²) in [7, 11) is 0. The van der Waals surface area contributed by atoms with Gasteiger partial charge in [-0.3, -0.25) is 9.59 Å². The van der Waals surface area contributed by atoms with Crippen molar-refractivity contribution in [1.29, 1.82) is 0 Å². The number of carbonyl (C=O) groups excluding carboxylic acids is 2. The molecule has 1 aromatic heterocycles. The minimum atomic E-state index is -0.997. The maximum Gasteiger partial charge on any atom is 0.260 e. The quantitative estimate of drug-likeness (QED) is 0.429. The van der Waals surface area contributed by atoms with Crippen LogP contribution in [0.3, 0.4) is 0 Å². The van der Waals surface area contributed by atoms with Crippen LogP contribution in [0.25, 0.3) is 11.3 Å². The van der Waals surface area contributed by atoms with E-state index >= 15 is 0 Å². The number of amidine groups is 1. The third-order valence-electron chi connectivity index (χ3n) is 8.23. The molecule has 2 aliphatic heterocycles. The maximum absolute atomic E-state index is 14.9. The molecule has 0 N–H and O–H groups in total. The van der Waals surface area contributed by atoms with Gasteiger partial charge in [0.1, 0.15) is 17.1 Å². The van der Waals surface area contributed by atoms with E-state index < -0.39 is 11.2 Å². The zero-order valence-corrected chi connectivity index (χ0v) is 22.6. The molecule has 3 heterocycles. The van der Waals surface area contributed by atoms with E-state index in [1.807, 2.05) is 38.1 Å². The van der Waals surface area contributed by atoms with E-state index in [0.29, 0.717) is 48.7 Å². The van der Waals surface area contributed by atoms with Crippen LogP contribution in [-0.2, 0) is 27.8 Å². The van der Waals surface area contributed by atoms with Gasteiger partial charge in [-0.1, -0.05) is 54.6 Å². The van der Waals surface area contributed by atoms with Gasteiger partial charge in [-0.25, -0.2) is 9.37 Å². The van der Waals surface area contributed by atoms with Crippen LogP contribution in [0.15, 0.2) is 72.2 Å². The molecule has 0 saturated carbocycles. The Labute approximate surface area is 231 Å². The van der Waals surface area contributed by atoms with Crippen LogP contribution in [0.1, 0.15) is 36.2 Å². The molecule has 0 bridgehead atoms. The van der Waals surface area contributed by atoms with E-state index in [9.17, 15) is 14.0 Å². The second-order valence-corrected chi connectivity index (χ2v) is 11.1. The zero-order valence-electron chi connectivity index (χ0n) is 21.8. The Morgan fingerprint density at radius 3 is 2.38 bits per heavy atom. The molecule has 2 atom stereocenters. The lowest BCUT2D eigenvalue weighted by Gasteiger charge is -2.46. The van der Waals surface area contributed by atoms with Crippen molar-refractivity contribution in [3.8, 4) is 11.3 Å². The lowest BCUT2D eigenvalue weighted by Crippen LogP contribution is -2.60. The predicted octanol–water partition coefficient (Wildman–Crippen LogP) is 4.97. The number of benzene rings is 2. The molecule has 2 aromatic carbocycles. The normalized spacial score (nSPS) is 21.4. The average molecular weight is 543 g/mol. The number of nitrogens with zero attached hydrogens (tertiary/aromatic N) is 4. The highest BCUT2D eigenvalue weighted by atomic mass is 35.5. The predicted molar refractivity (Wildman–Crippen MR) is 149 cm³/mol. The number of aromatic nitrogens is 1. The van der Waals surface area contributed by atoms with Gasteiger partial charge in [-0.15, -0.1) is 0 Å². The summed E-state index contributed by atoms with van der Waals surface area (Å²) < 4.78 is 14.9. The van der Waals surface area contributed by atoms with Gasteiger partial charge in [-0.05, 0) is 62.1 Å². The molecule has 2 amide bonds. The van der Waals surface area contributed by atoms with Gasteiger partial charge in [0, 0.05) is 36.3 Å². The molecule has 1 saturated heterocycles. The molecule has 39 heavy (non-hydrogen) atoms. The van der Waals surface area contributed by atoms with E-state index in [1.165, 1.54) is 12.1 Å². The molecule has 198 valence electrons. The molecule has 3 aromatic rings. The summed E-state index contributed by atoms with van der Waals surface area (Å²) in [6.07, 6.45) is 2.25. The number of pyridine rings is 1. The van der Waals surface area contributed by atoms with E-state index in [4.69, 9.17) is 21.6 Å². The first-order chi connectivity index (χ1) is 18.7. The van der Waals surface area contributed by atoms with Crippen molar-refractivity contribution in [2.75, 3.05) is 13.1 Å². The number of fused-ring (bicyclic) bond motifs is 3. The fourth-order valence-corrected chi connectivity index (χ4v) is 6.48. The van der Waals surface area contributed by atoms with Crippen molar-refractivity contribution in [1.82, 2.24) is 14.8 Å². The van der Waals surface area contributed by atoms with Crippen LogP contribution >= 0.6 is 11.6 Å². The zero-order chi connectivity index (χ0) is 27.5. The second kappa shape index (κ2) is 9.42. The lowest BCUT2D eigenvalue weighted by atomic mass is 9.75. The number of rotatable bonds is 2. The van der Waals surface area contributed by atoms with E-state index in [1.54, 1.807) is 29.2 Å². The van der Waals surface area contributed by atoms with Crippen molar-refractivity contribution in [2.45, 2.75) is 44.2 Å². The van der Waals surface area contributed by atoms with E-state index in [2.05, 4.69) is 11.5 Å². The smallest absolute Gasteiger partial charge is 0.260 e. The first-order valence-corrected chi connectivity index (χ1v) is 13.5. The molecular weight excluding hydrogens is 515 g/mol. The number of hydrogen-bond acceptors (Lipinski definition) is 4. The monoisotopic (exact) mass is 542 g/mol. The highest BCUT2D eigenvalue weighted by Gasteiger charge is 2.52. The first kappa shape index (κ1) is 25.4. The van der Waals surface area contributed by atoms with Crippen molar-refractivity contribution in [3.05, 3.63) is 100 Å². The van der Waals surface area contributed by atoms with Crippen LogP contribution in [0.2, 0.25) is 5.02 Å². The van der Waals surface area contributed by atoms with Crippen molar-refractivity contribution in [2.24, 2.45) is 4.99 Å². The molecular formula is C31H28ClFN4O2. The number of hydrogen-bond donors (Lipinski definition) is 0. The number of amides is 2. The summed E-state index contributed by atoms with van der Waals surface area (Å²) >= 11 is 6.79. The minimum absolute atomic E-state index is 0.121.